The molecule has 112 valence electrons. The second kappa shape index (κ2) is 5.31. The summed E-state index contributed by atoms with van der Waals surface area (Å²) < 4.78 is 44.1. The number of anilines is 1. The molecule has 0 amide bonds. The highest BCUT2D eigenvalue weighted by Crippen LogP contribution is 2.36. The van der Waals surface area contributed by atoms with Gasteiger partial charge in [0.15, 0.2) is 0 Å². The van der Waals surface area contributed by atoms with Crippen LogP contribution in [0.25, 0.3) is 0 Å². The van der Waals surface area contributed by atoms with Gasteiger partial charge in [0.25, 0.3) is 0 Å². The van der Waals surface area contributed by atoms with Gasteiger partial charge in [0, 0.05) is 11.8 Å². The van der Waals surface area contributed by atoms with Crippen LogP contribution in [0.1, 0.15) is 22.3 Å². The third-order valence-electron chi connectivity index (χ3n) is 3.35. The number of rotatable bonds is 2. The third kappa shape index (κ3) is 3.29. The van der Waals surface area contributed by atoms with Crippen molar-refractivity contribution in [2.24, 2.45) is 0 Å². The summed E-state index contributed by atoms with van der Waals surface area (Å²) in [6, 6.07) is 7.05. The molecule has 0 saturated heterocycles. The molecule has 2 nitrogen and oxygen atoms in total. The molecular formula is C16H16F3NO. The van der Waals surface area contributed by atoms with Gasteiger partial charge in [-0.2, -0.15) is 13.2 Å². The maximum atomic E-state index is 12.8. The van der Waals surface area contributed by atoms with Crippen LogP contribution >= 0.6 is 0 Å². The van der Waals surface area contributed by atoms with Gasteiger partial charge in [-0.25, -0.2) is 0 Å². The largest absolute Gasteiger partial charge is 0.457 e. The molecule has 21 heavy (non-hydrogen) atoms. The molecule has 0 aliphatic rings. The Morgan fingerprint density at radius 2 is 1.57 bits per heavy atom. The van der Waals surface area contributed by atoms with E-state index in [0.717, 1.165) is 28.8 Å². The Labute approximate surface area is 121 Å². The Hall–Kier alpha value is -2.17. The van der Waals surface area contributed by atoms with E-state index in [9.17, 15) is 13.2 Å². The SMILES string of the molecule is Cc1ccc(C)c(Oc2cc(N)cc(C(F)(F)F)c2)c1C. The number of aryl methyl sites for hydroxylation is 2. The van der Waals surface area contributed by atoms with Crippen molar-refractivity contribution in [2.45, 2.75) is 26.9 Å². The molecule has 2 N–H and O–H groups in total. The zero-order valence-corrected chi connectivity index (χ0v) is 12.0. The summed E-state index contributed by atoms with van der Waals surface area (Å²) in [4.78, 5) is 0. The number of nitrogens with two attached hydrogens (primary N) is 1. The molecule has 0 unspecified atom stereocenters. The molecule has 0 fully saturated rings. The van der Waals surface area contributed by atoms with Crippen LogP contribution in [-0.2, 0) is 6.18 Å². The molecule has 0 aliphatic heterocycles. The zero-order chi connectivity index (χ0) is 15.8. The predicted octanol–water partition coefficient (Wildman–Crippen LogP) is 5.01. The molecule has 2 aromatic rings. The van der Waals surface area contributed by atoms with Gasteiger partial charge in [-0.3, -0.25) is 0 Å². The Bertz CT molecular complexity index is 678. The zero-order valence-electron chi connectivity index (χ0n) is 12.0. The first-order valence-corrected chi connectivity index (χ1v) is 6.41. The number of ether oxygens (including phenoxy) is 1. The Kier molecular flexibility index (Phi) is 3.85. The molecule has 5 heteroatoms. The Balaban J connectivity index is 2.46. The van der Waals surface area contributed by atoms with E-state index in [1.807, 2.05) is 32.9 Å². The van der Waals surface area contributed by atoms with Gasteiger partial charge in [0.1, 0.15) is 11.5 Å². The minimum atomic E-state index is -4.45. The lowest BCUT2D eigenvalue weighted by atomic mass is 10.1. The van der Waals surface area contributed by atoms with Gasteiger partial charge in [0.05, 0.1) is 5.56 Å². The van der Waals surface area contributed by atoms with Gasteiger partial charge in [-0.05, 0) is 49.6 Å². The summed E-state index contributed by atoms with van der Waals surface area (Å²) >= 11 is 0. The van der Waals surface area contributed by atoms with Crippen molar-refractivity contribution in [3.8, 4) is 11.5 Å². The lowest BCUT2D eigenvalue weighted by Crippen LogP contribution is -2.06. The van der Waals surface area contributed by atoms with Crippen LogP contribution in [0.5, 0.6) is 11.5 Å². The van der Waals surface area contributed by atoms with Crippen molar-refractivity contribution in [1.82, 2.24) is 0 Å². The minimum Gasteiger partial charge on any atom is -0.457 e. The highest BCUT2D eigenvalue weighted by molar-refractivity contribution is 5.52. The summed E-state index contributed by atoms with van der Waals surface area (Å²) in [7, 11) is 0. The van der Waals surface area contributed by atoms with E-state index >= 15 is 0 Å². The average Bonchev–Trinajstić information content (AvgIpc) is 2.38. The molecule has 2 rings (SSSR count). The number of alkyl halides is 3. The Morgan fingerprint density at radius 1 is 0.952 bits per heavy atom. The van der Waals surface area contributed by atoms with E-state index in [1.165, 1.54) is 6.07 Å². The normalized spacial score (nSPS) is 11.5. The van der Waals surface area contributed by atoms with E-state index in [-0.39, 0.29) is 11.4 Å². The van der Waals surface area contributed by atoms with Crippen molar-refractivity contribution < 1.29 is 17.9 Å². The first-order chi connectivity index (χ1) is 9.68. The number of hydrogen-bond donors (Lipinski definition) is 1. The van der Waals surface area contributed by atoms with Gasteiger partial charge in [-0.1, -0.05) is 12.1 Å². The highest BCUT2D eigenvalue weighted by Gasteiger charge is 2.31. The summed E-state index contributed by atoms with van der Waals surface area (Å²) in [5.41, 5.74) is 7.49. The monoisotopic (exact) mass is 295 g/mol. The van der Waals surface area contributed by atoms with Crippen molar-refractivity contribution in [3.63, 3.8) is 0 Å². The molecule has 0 spiro atoms. The van der Waals surface area contributed by atoms with Crippen molar-refractivity contribution in [1.29, 1.82) is 0 Å². The van der Waals surface area contributed by atoms with E-state index in [2.05, 4.69) is 0 Å². The maximum Gasteiger partial charge on any atom is 0.416 e. The van der Waals surface area contributed by atoms with E-state index in [1.54, 1.807) is 0 Å². The lowest BCUT2D eigenvalue weighted by molar-refractivity contribution is -0.137. The van der Waals surface area contributed by atoms with E-state index < -0.39 is 11.7 Å². The summed E-state index contributed by atoms with van der Waals surface area (Å²) in [6.07, 6.45) is -4.45. The third-order valence-corrected chi connectivity index (χ3v) is 3.35. The number of halogens is 3. The number of hydrogen-bond acceptors (Lipinski definition) is 2. The van der Waals surface area contributed by atoms with Gasteiger partial charge < -0.3 is 10.5 Å². The van der Waals surface area contributed by atoms with Crippen molar-refractivity contribution in [3.05, 3.63) is 52.6 Å². The number of benzene rings is 2. The average molecular weight is 295 g/mol. The molecule has 0 aliphatic carbocycles. The predicted molar refractivity (Wildman–Crippen MR) is 76.6 cm³/mol. The fourth-order valence-corrected chi connectivity index (χ4v) is 2.05. The Morgan fingerprint density at radius 3 is 2.19 bits per heavy atom. The standard InChI is InChI=1S/C16H16F3NO/c1-9-4-5-10(2)15(11(9)3)21-14-7-12(16(17,18)19)6-13(20)8-14/h4-8H,20H2,1-3H3. The van der Waals surface area contributed by atoms with Crippen LogP contribution in [0, 0.1) is 20.8 Å². The van der Waals surface area contributed by atoms with Gasteiger partial charge >= 0.3 is 6.18 Å². The topological polar surface area (TPSA) is 35.2 Å². The van der Waals surface area contributed by atoms with Crippen LogP contribution in [0.2, 0.25) is 0 Å². The minimum absolute atomic E-state index is 0.0165. The lowest BCUT2D eigenvalue weighted by Gasteiger charge is -2.15. The van der Waals surface area contributed by atoms with Gasteiger partial charge in [0.2, 0.25) is 0 Å². The fraction of sp³-hybridized carbons (Fsp3) is 0.250. The fourth-order valence-electron chi connectivity index (χ4n) is 2.05. The summed E-state index contributed by atoms with van der Waals surface area (Å²) in [5.74, 6) is 0.646. The molecule has 0 saturated carbocycles. The molecular weight excluding hydrogens is 279 g/mol. The van der Waals surface area contributed by atoms with Crippen molar-refractivity contribution in [2.75, 3.05) is 5.73 Å². The molecule has 0 radical (unpaired) electrons. The van der Waals surface area contributed by atoms with Crippen molar-refractivity contribution >= 4 is 5.69 Å². The first kappa shape index (κ1) is 15.2. The quantitative estimate of drug-likeness (QED) is 0.791. The first-order valence-electron chi connectivity index (χ1n) is 6.41. The van der Waals surface area contributed by atoms with E-state index in [4.69, 9.17) is 10.5 Å². The molecule has 0 atom stereocenters. The second-order valence-corrected chi connectivity index (χ2v) is 5.04. The van der Waals surface area contributed by atoms with Gasteiger partial charge in [-0.15, -0.1) is 0 Å². The smallest absolute Gasteiger partial charge is 0.416 e. The molecule has 0 bridgehead atoms. The number of nitrogen functional groups attached to an aromatic ring is 1. The summed E-state index contributed by atoms with van der Waals surface area (Å²) in [5, 5.41) is 0. The van der Waals surface area contributed by atoms with Crippen LogP contribution in [-0.4, -0.2) is 0 Å². The van der Waals surface area contributed by atoms with Crippen LogP contribution < -0.4 is 10.5 Å². The molecule has 2 aromatic carbocycles. The van der Waals surface area contributed by atoms with Crippen LogP contribution in [0.15, 0.2) is 30.3 Å². The maximum absolute atomic E-state index is 12.8. The molecule has 0 heterocycles. The van der Waals surface area contributed by atoms with E-state index in [0.29, 0.717) is 5.75 Å². The van der Waals surface area contributed by atoms with Crippen LogP contribution in [0.4, 0.5) is 18.9 Å². The molecule has 0 aromatic heterocycles. The highest BCUT2D eigenvalue weighted by atomic mass is 19.4. The van der Waals surface area contributed by atoms with Crippen LogP contribution in [0.3, 0.4) is 0 Å². The summed E-state index contributed by atoms with van der Waals surface area (Å²) in [6.45, 7) is 5.63. The second-order valence-electron chi connectivity index (χ2n) is 5.04.